The van der Waals surface area contributed by atoms with E-state index in [4.69, 9.17) is 9.84 Å². The third-order valence-electron chi connectivity index (χ3n) is 3.27. The number of amides is 2. The topological polar surface area (TPSA) is 83.9 Å². The molecule has 1 aliphatic rings. The van der Waals surface area contributed by atoms with Gasteiger partial charge in [0.15, 0.2) is 0 Å². The minimum Gasteiger partial charge on any atom is -0.463 e. The summed E-state index contributed by atoms with van der Waals surface area (Å²) in [6.07, 6.45) is 8.57. The predicted octanol–water partition coefficient (Wildman–Crippen LogP) is 1.18. The molecule has 1 rings (SSSR count). The van der Waals surface area contributed by atoms with Crippen LogP contribution in [-0.2, 0) is 19.1 Å². The molecule has 1 aliphatic heterocycles. The molecule has 0 spiro atoms. The highest BCUT2D eigenvalue weighted by molar-refractivity contribution is 6.12. The highest BCUT2D eigenvalue weighted by Crippen LogP contribution is 2.10. The summed E-state index contributed by atoms with van der Waals surface area (Å²) in [6.45, 7) is 0.420. The molecule has 1 N–H and O–H groups in total. The molecule has 2 amide bonds. The van der Waals surface area contributed by atoms with Crippen LogP contribution >= 0.6 is 0 Å². The molecule has 0 aromatic heterocycles. The molecule has 6 nitrogen and oxygen atoms in total. The smallest absolute Gasteiger partial charge is 0.305 e. The second-order valence-electron chi connectivity index (χ2n) is 4.98. The fraction of sp³-hybridized carbons (Fsp3) is 0.667. The van der Waals surface area contributed by atoms with E-state index in [0.29, 0.717) is 13.0 Å². The molecule has 0 aromatic rings. The maximum Gasteiger partial charge on any atom is 0.305 e. The van der Waals surface area contributed by atoms with Crippen molar-refractivity contribution >= 4 is 17.8 Å². The van der Waals surface area contributed by atoms with Gasteiger partial charge in [0, 0.05) is 25.1 Å². The lowest BCUT2D eigenvalue weighted by atomic mass is 10.1. The standard InChI is InChI=1S/C15H23NO5/c17-11-12-21-15(20)7-5-3-1-2-4-6-10-16-13(18)8-9-14(16)19/h8-9,17H,1-7,10-12H2. The van der Waals surface area contributed by atoms with E-state index >= 15 is 0 Å². The molecule has 1 heterocycles. The van der Waals surface area contributed by atoms with Crippen molar-refractivity contribution in [3.05, 3.63) is 12.2 Å². The van der Waals surface area contributed by atoms with Crippen molar-refractivity contribution in [2.24, 2.45) is 0 Å². The molecule has 0 fully saturated rings. The summed E-state index contributed by atoms with van der Waals surface area (Å²) in [7, 11) is 0. The monoisotopic (exact) mass is 297 g/mol. The van der Waals surface area contributed by atoms with E-state index in [1.165, 1.54) is 17.1 Å². The summed E-state index contributed by atoms with van der Waals surface area (Å²) in [5.41, 5.74) is 0. The zero-order chi connectivity index (χ0) is 15.5. The second kappa shape index (κ2) is 10.1. The van der Waals surface area contributed by atoms with Crippen molar-refractivity contribution in [2.75, 3.05) is 19.8 Å². The largest absolute Gasteiger partial charge is 0.463 e. The molecule has 0 unspecified atom stereocenters. The number of unbranched alkanes of at least 4 members (excludes halogenated alkanes) is 5. The van der Waals surface area contributed by atoms with Crippen molar-refractivity contribution in [1.82, 2.24) is 4.90 Å². The second-order valence-corrected chi connectivity index (χ2v) is 4.98. The van der Waals surface area contributed by atoms with Crippen molar-refractivity contribution < 1.29 is 24.2 Å². The number of nitrogens with zero attached hydrogens (tertiary/aromatic N) is 1. The number of imide groups is 1. The average molecular weight is 297 g/mol. The van der Waals surface area contributed by atoms with Crippen LogP contribution in [0.15, 0.2) is 12.2 Å². The first-order chi connectivity index (χ1) is 10.1. The maximum atomic E-state index is 11.3. The molecule has 0 aromatic carbocycles. The number of aliphatic hydroxyl groups is 1. The van der Waals surface area contributed by atoms with Gasteiger partial charge in [0.25, 0.3) is 11.8 Å². The molecule has 0 bridgehead atoms. The van der Waals surface area contributed by atoms with Crippen LogP contribution in [0.2, 0.25) is 0 Å². The van der Waals surface area contributed by atoms with E-state index in [9.17, 15) is 14.4 Å². The molecule has 0 radical (unpaired) electrons. The third kappa shape index (κ3) is 7.04. The lowest BCUT2D eigenvalue weighted by molar-refractivity contribution is -0.144. The van der Waals surface area contributed by atoms with Crippen LogP contribution in [0.1, 0.15) is 44.9 Å². The Morgan fingerprint density at radius 3 is 2.19 bits per heavy atom. The van der Waals surface area contributed by atoms with E-state index in [-0.39, 0.29) is 31.0 Å². The van der Waals surface area contributed by atoms with Gasteiger partial charge in [0.05, 0.1) is 6.61 Å². The minimum absolute atomic E-state index is 0.0711. The van der Waals surface area contributed by atoms with Gasteiger partial charge in [-0.1, -0.05) is 25.7 Å². The van der Waals surface area contributed by atoms with Crippen LogP contribution in [0.5, 0.6) is 0 Å². The molecule has 0 aliphatic carbocycles. The summed E-state index contributed by atoms with van der Waals surface area (Å²) in [6, 6.07) is 0. The molecular weight excluding hydrogens is 274 g/mol. The highest BCUT2D eigenvalue weighted by Gasteiger charge is 2.21. The molecule has 0 atom stereocenters. The number of carbonyl (C=O) groups excluding carboxylic acids is 3. The van der Waals surface area contributed by atoms with Gasteiger partial charge in [-0.05, 0) is 12.8 Å². The van der Waals surface area contributed by atoms with Gasteiger partial charge >= 0.3 is 5.97 Å². The molecule has 21 heavy (non-hydrogen) atoms. The molecule has 0 saturated heterocycles. The minimum atomic E-state index is -0.261. The normalized spacial score (nSPS) is 14.0. The first kappa shape index (κ1) is 17.4. The number of ether oxygens (including phenoxy) is 1. The summed E-state index contributed by atoms with van der Waals surface area (Å²) in [5.74, 6) is -0.703. The molecule has 118 valence electrons. The zero-order valence-corrected chi connectivity index (χ0v) is 12.3. The van der Waals surface area contributed by atoms with Crippen molar-refractivity contribution in [3.63, 3.8) is 0 Å². The van der Waals surface area contributed by atoms with Gasteiger partial charge in [0.1, 0.15) is 6.61 Å². The highest BCUT2D eigenvalue weighted by atomic mass is 16.5. The van der Waals surface area contributed by atoms with Gasteiger partial charge in [-0.2, -0.15) is 0 Å². The Morgan fingerprint density at radius 2 is 1.57 bits per heavy atom. The quantitative estimate of drug-likeness (QED) is 0.352. The number of aliphatic hydroxyl groups excluding tert-OH is 1. The van der Waals surface area contributed by atoms with Gasteiger partial charge in [0.2, 0.25) is 0 Å². The van der Waals surface area contributed by atoms with Crippen LogP contribution < -0.4 is 0 Å². The Balaban J connectivity index is 1.90. The lowest BCUT2D eigenvalue weighted by Crippen LogP contribution is -2.30. The Bertz CT molecular complexity index is 374. The number of rotatable bonds is 11. The number of hydrogen-bond donors (Lipinski definition) is 1. The van der Waals surface area contributed by atoms with Crippen LogP contribution in [0.4, 0.5) is 0 Å². The van der Waals surface area contributed by atoms with E-state index in [2.05, 4.69) is 0 Å². The van der Waals surface area contributed by atoms with E-state index in [1.54, 1.807) is 0 Å². The van der Waals surface area contributed by atoms with E-state index in [1.807, 2.05) is 0 Å². The molecule has 0 saturated carbocycles. The van der Waals surface area contributed by atoms with Crippen LogP contribution in [-0.4, -0.2) is 47.5 Å². The Morgan fingerprint density at radius 1 is 1.00 bits per heavy atom. The van der Waals surface area contributed by atoms with Crippen molar-refractivity contribution in [3.8, 4) is 0 Å². The summed E-state index contributed by atoms with van der Waals surface area (Å²) < 4.78 is 4.75. The Kier molecular flexibility index (Phi) is 8.35. The average Bonchev–Trinajstić information content (AvgIpc) is 2.79. The SMILES string of the molecule is O=C(CCCCCCCCN1C(=O)C=CC1=O)OCCO. The maximum absolute atomic E-state index is 11.3. The van der Waals surface area contributed by atoms with Crippen molar-refractivity contribution in [1.29, 1.82) is 0 Å². The lowest BCUT2D eigenvalue weighted by Gasteiger charge is -2.12. The van der Waals surface area contributed by atoms with E-state index in [0.717, 1.165) is 38.5 Å². The number of hydrogen-bond acceptors (Lipinski definition) is 5. The first-order valence-corrected chi connectivity index (χ1v) is 7.45. The van der Waals surface area contributed by atoms with Crippen LogP contribution in [0, 0.1) is 0 Å². The van der Waals surface area contributed by atoms with Gasteiger partial charge in [-0.15, -0.1) is 0 Å². The van der Waals surface area contributed by atoms with Gasteiger partial charge in [-0.25, -0.2) is 0 Å². The van der Waals surface area contributed by atoms with E-state index < -0.39 is 0 Å². The Labute approximate surface area is 124 Å². The predicted molar refractivity (Wildman–Crippen MR) is 76.2 cm³/mol. The molecule has 6 heteroatoms. The molecular formula is C15H23NO5. The Hall–Kier alpha value is -1.69. The summed E-state index contributed by atoms with van der Waals surface area (Å²) in [5, 5.41) is 8.49. The fourth-order valence-corrected chi connectivity index (χ4v) is 2.13. The van der Waals surface area contributed by atoms with Crippen LogP contribution in [0.25, 0.3) is 0 Å². The van der Waals surface area contributed by atoms with Crippen molar-refractivity contribution in [2.45, 2.75) is 44.9 Å². The van der Waals surface area contributed by atoms with Crippen LogP contribution in [0.3, 0.4) is 0 Å². The van der Waals surface area contributed by atoms with Gasteiger partial charge in [-0.3, -0.25) is 19.3 Å². The first-order valence-electron chi connectivity index (χ1n) is 7.45. The number of carbonyl (C=O) groups is 3. The summed E-state index contributed by atoms with van der Waals surface area (Å²) >= 11 is 0. The number of esters is 1. The fourth-order valence-electron chi connectivity index (χ4n) is 2.13. The van der Waals surface area contributed by atoms with Gasteiger partial charge < -0.3 is 9.84 Å². The summed E-state index contributed by atoms with van der Waals surface area (Å²) in [4.78, 5) is 35.0. The zero-order valence-electron chi connectivity index (χ0n) is 12.3. The third-order valence-corrected chi connectivity index (χ3v) is 3.27.